The molecule has 0 atom stereocenters. The SMILES string of the molecule is CC(=O)NS(=O)(=O)c1ccc(-n2ccc3c(cnc4ncnn43)c2=O)cc1. The summed E-state index contributed by atoms with van der Waals surface area (Å²) in [6.45, 7) is 1.11. The first-order chi connectivity index (χ1) is 12.9. The van der Waals surface area contributed by atoms with Gasteiger partial charge in [-0.3, -0.25) is 14.2 Å². The molecule has 0 aliphatic rings. The van der Waals surface area contributed by atoms with Crippen LogP contribution >= 0.6 is 0 Å². The number of fused-ring (bicyclic) bond motifs is 3. The topological polar surface area (TPSA) is 128 Å². The number of nitrogens with one attached hydrogen (secondary N) is 1. The van der Waals surface area contributed by atoms with E-state index in [0.29, 0.717) is 22.4 Å². The van der Waals surface area contributed by atoms with E-state index in [1.54, 1.807) is 12.3 Å². The number of benzene rings is 1. The fourth-order valence-electron chi connectivity index (χ4n) is 2.70. The van der Waals surface area contributed by atoms with Crippen LogP contribution in [0.4, 0.5) is 0 Å². The second-order valence-corrected chi connectivity index (χ2v) is 7.36. The van der Waals surface area contributed by atoms with Gasteiger partial charge in [-0.15, -0.1) is 0 Å². The van der Waals surface area contributed by atoms with E-state index < -0.39 is 15.9 Å². The van der Waals surface area contributed by atoms with Crippen molar-refractivity contribution in [1.29, 1.82) is 0 Å². The lowest BCUT2D eigenvalue weighted by Gasteiger charge is -2.09. The predicted molar refractivity (Wildman–Crippen MR) is 94.9 cm³/mol. The first-order valence-corrected chi connectivity index (χ1v) is 9.19. The summed E-state index contributed by atoms with van der Waals surface area (Å²) in [6, 6.07) is 7.28. The van der Waals surface area contributed by atoms with Crippen LogP contribution in [0.3, 0.4) is 0 Å². The summed E-state index contributed by atoms with van der Waals surface area (Å²) in [7, 11) is -3.94. The number of hydrogen-bond acceptors (Lipinski definition) is 7. The normalized spacial score (nSPS) is 11.7. The molecule has 3 aromatic heterocycles. The maximum absolute atomic E-state index is 12.8. The summed E-state index contributed by atoms with van der Waals surface area (Å²) in [5, 5.41) is 4.38. The van der Waals surface area contributed by atoms with Crippen LogP contribution in [0.15, 0.2) is 58.7 Å². The average molecular weight is 384 g/mol. The van der Waals surface area contributed by atoms with E-state index in [-0.39, 0.29) is 10.5 Å². The van der Waals surface area contributed by atoms with Gasteiger partial charge in [0.2, 0.25) is 5.91 Å². The van der Waals surface area contributed by atoms with Crippen LogP contribution in [0.5, 0.6) is 0 Å². The summed E-state index contributed by atoms with van der Waals surface area (Å²) in [5.41, 5.74) is 0.681. The smallest absolute Gasteiger partial charge is 0.266 e. The monoisotopic (exact) mass is 384 g/mol. The van der Waals surface area contributed by atoms with Crippen molar-refractivity contribution in [2.24, 2.45) is 0 Å². The van der Waals surface area contributed by atoms with Gasteiger partial charge in [0.1, 0.15) is 6.33 Å². The lowest BCUT2D eigenvalue weighted by Crippen LogP contribution is -2.28. The van der Waals surface area contributed by atoms with Crippen molar-refractivity contribution in [3.63, 3.8) is 0 Å². The van der Waals surface area contributed by atoms with Crippen molar-refractivity contribution in [2.45, 2.75) is 11.8 Å². The Kier molecular flexibility index (Phi) is 3.73. The van der Waals surface area contributed by atoms with Crippen molar-refractivity contribution in [3.8, 4) is 5.69 Å². The maximum atomic E-state index is 12.8. The van der Waals surface area contributed by atoms with Gasteiger partial charge in [0.15, 0.2) is 0 Å². The fraction of sp³-hybridized carbons (Fsp3) is 0.0625. The molecule has 27 heavy (non-hydrogen) atoms. The second-order valence-electron chi connectivity index (χ2n) is 5.68. The van der Waals surface area contributed by atoms with Crippen molar-refractivity contribution >= 4 is 32.6 Å². The molecule has 0 radical (unpaired) electrons. The molecule has 1 aromatic carbocycles. The van der Waals surface area contributed by atoms with E-state index in [1.165, 1.54) is 45.9 Å². The van der Waals surface area contributed by atoms with Crippen molar-refractivity contribution in [3.05, 3.63) is 59.4 Å². The highest BCUT2D eigenvalue weighted by molar-refractivity contribution is 7.90. The number of pyridine rings is 1. The molecule has 0 saturated heterocycles. The lowest BCUT2D eigenvalue weighted by atomic mass is 10.2. The van der Waals surface area contributed by atoms with Crippen molar-refractivity contribution in [2.75, 3.05) is 0 Å². The quantitative estimate of drug-likeness (QED) is 0.536. The number of carbonyl (C=O) groups is 1. The molecule has 3 heterocycles. The Morgan fingerprint density at radius 2 is 1.85 bits per heavy atom. The molecule has 0 aliphatic heterocycles. The third kappa shape index (κ3) is 2.83. The summed E-state index contributed by atoms with van der Waals surface area (Å²) < 4.78 is 28.7. The van der Waals surface area contributed by atoms with E-state index in [4.69, 9.17) is 0 Å². The molecule has 0 spiro atoms. The average Bonchev–Trinajstić information content (AvgIpc) is 3.10. The summed E-state index contributed by atoms with van der Waals surface area (Å²) in [4.78, 5) is 31.8. The molecular formula is C16H12N6O4S. The first kappa shape index (κ1) is 16.8. The number of sulfonamides is 1. The third-order valence-electron chi connectivity index (χ3n) is 3.88. The van der Waals surface area contributed by atoms with Gasteiger partial charge in [0.25, 0.3) is 21.4 Å². The third-order valence-corrected chi connectivity index (χ3v) is 5.33. The predicted octanol–water partition coefficient (Wildman–Crippen LogP) is 0.253. The lowest BCUT2D eigenvalue weighted by molar-refractivity contribution is -0.117. The van der Waals surface area contributed by atoms with Gasteiger partial charge < -0.3 is 0 Å². The Labute approximate surface area is 152 Å². The number of aromatic nitrogens is 5. The van der Waals surface area contributed by atoms with E-state index in [0.717, 1.165) is 6.92 Å². The van der Waals surface area contributed by atoms with Crippen molar-refractivity contribution in [1.82, 2.24) is 28.9 Å². The van der Waals surface area contributed by atoms with Gasteiger partial charge in [0.05, 0.1) is 15.8 Å². The Hall–Kier alpha value is -3.60. The number of rotatable bonds is 3. The molecule has 0 bridgehead atoms. The van der Waals surface area contributed by atoms with Crippen LogP contribution in [-0.2, 0) is 14.8 Å². The zero-order chi connectivity index (χ0) is 19.2. The van der Waals surface area contributed by atoms with E-state index in [2.05, 4.69) is 15.1 Å². The van der Waals surface area contributed by atoms with Gasteiger partial charge in [-0.25, -0.2) is 18.1 Å². The molecule has 4 rings (SSSR count). The highest BCUT2D eigenvalue weighted by Crippen LogP contribution is 2.15. The second kappa shape index (κ2) is 5.99. The van der Waals surface area contributed by atoms with Gasteiger partial charge in [0, 0.05) is 25.0 Å². The van der Waals surface area contributed by atoms with Gasteiger partial charge in [-0.05, 0) is 30.3 Å². The number of nitrogens with zero attached hydrogens (tertiary/aromatic N) is 5. The zero-order valence-corrected chi connectivity index (χ0v) is 14.7. The molecule has 136 valence electrons. The first-order valence-electron chi connectivity index (χ1n) is 7.71. The Morgan fingerprint density at radius 1 is 1.11 bits per heavy atom. The molecule has 11 heteroatoms. The van der Waals surface area contributed by atoms with Crippen molar-refractivity contribution < 1.29 is 13.2 Å². The molecule has 1 N–H and O–H groups in total. The van der Waals surface area contributed by atoms with E-state index in [1.807, 2.05) is 4.72 Å². The minimum atomic E-state index is -3.94. The summed E-state index contributed by atoms with van der Waals surface area (Å²) >= 11 is 0. The van der Waals surface area contributed by atoms with Gasteiger partial charge in [-0.2, -0.15) is 14.6 Å². The largest absolute Gasteiger partial charge is 0.284 e. The minimum absolute atomic E-state index is 0.0821. The standard InChI is InChI=1S/C16H12N6O4S/c1-10(23)20-27(25,26)12-4-2-11(3-5-12)21-7-6-14-13(15(21)24)8-17-16-18-9-19-22(14)16/h2-9H,1H3,(H,20,23). The molecule has 10 nitrogen and oxygen atoms in total. The molecular weight excluding hydrogens is 372 g/mol. The number of carbonyl (C=O) groups excluding carboxylic acids is 1. The van der Waals surface area contributed by atoms with Gasteiger partial charge >= 0.3 is 0 Å². The molecule has 0 saturated carbocycles. The van der Waals surface area contributed by atoms with E-state index >= 15 is 0 Å². The minimum Gasteiger partial charge on any atom is -0.284 e. The fourth-order valence-corrected chi connectivity index (χ4v) is 3.69. The summed E-state index contributed by atoms with van der Waals surface area (Å²) in [6.07, 6.45) is 4.33. The molecule has 1 amide bonds. The number of amides is 1. The van der Waals surface area contributed by atoms with Crippen LogP contribution in [-0.4, -0.2) is 38.5 Å². The van der Waals surface area contributed by atoms with Crippen LogP contribution in [0, 0.1) is 0 Å². The highest BCUT2D eigenvalue weighted by atomic mass is 32.2. The van der Waals surface area contributed by atoms with Gasteiger partial charge in [-0.1, -0.05) is 0 Å². The molecule has 0 aliphatic carbocycles. The Balaban J connectivity index is 1.81. The number of hydrogen-bond donors (Lipinski definition) is 1. The van der Waals surface area contributed by atoms with Crippen LogP contribution < -0.4 is 10.3 Å². The maximum Gasteiger partial charge on any atom is 0.266 e. The van der Waals surface area contributed by atoms with Crippen LogP contribution in [0.25, 0.3) is 22.4 Å². The highest BCUT2D eigenvalue weighted by Gasteiger charge is 2.16. The zero-order valence-electron chi connectivity index (χ0n) is 13.9. The Morgan fingerprint density at radius 3 is 2.56 bits per heavy atom. The van der Waals surface area contributed by atoms with E-state index in [9.17, 15) is 18.0 Å². The molecule has 0 fully saturated rings. The summed E-state index contributed by atoms with van der Waals surface area (Å²) in [5.74, 6) is -0.302. The molecule has 4 aromatic rings. The molecule has 0 unspecified atom stereocenters. The van der Waals surface area contributed by atoms with Crippen LogP contribution in [0.2, 0.25) is 0 Å². The Bertz CT molecular complexity index is 1360. The van der Waals surface area contributed by atoms with Crippen LogP contribution in [0.1, 0.15) is 6.92 Å².